The van der Waals surface area contributed by atoms with Gasteiger partial charge in [-0.2, -0.15) is 5.10 Å². The van der Waals surface area contributed by atoms with Crippen molar-refractivity contribution in [2.45, 2.75) is 11.8 Å². The summed E-state index contributed by atoms with van der Waals surface area (Å²) in [6.45, 7) is 1.53. The Morgan fingerprint density at radius 1 is 1.44 bits per heavy atom. The SMILES string of the molecule is Cc1c(N)ccc(F)c1NS(=O)(=O)c1cn[nH]c1. The van der Waals surface area contributed by atoms with Gasteiger partial charge in [0.1, 0.15) is 10.7 Å². The first-order chi connectivity index (χ1) is 8.42. The van der Waals surface area contributed by atoms with Gasteiger partial charge in [-0.05, 0) is 24.6 Å². The molecule has 0 radical (unpaired) electrons. The molecule has 0 amide bonds. The van der Waals surface area contributed by atoms with Crippen molar-refractivity contribution < 1.29 is 12.8 Å². The predicted molar refractivity (Wildman–Crippen MR) is 64.9 cm³/mol. The van der Waals surface area contributed by atoms with Gasteiger partial charge in [0.05, 0.1) is 11.9 Å². The number of aromatic nitrogens is 2. The third-order valence-corrected chi connectivity index (χ3v) is 3.79. The number of nitrogens with two attached hydrogens (primary N) is 1. The van der Waals surface area contributed by atoms with Crippen LogP contribution in [0.1, 0.15) is 5.56 Å². The van der Waals surface area contributed by atoms with Crippen molar-refractivity contribution in [2.75, 3.05) is 10.5 Å². The smallest absolute Gasteiger partial charge is 0.265 e. The monoisotopic (exact) mass is 270 g/mol. The number of nitrogen functional groups attached to an aromatic ring is 1. The Morgan fingerprint density at radius 2 is 2.17 bits per heavy atom. The number of anilines is 2. The minimum atomic E-state index is -3.87. The van der Waals surface area contributed by atoms with Crippen LogP contribution in [0.5, 0.6) is 0 Å². The molecule has 0 bridgehead atoms. The second-order valence-electron chi connectivity index (χ2n) is 3.68. The van der Waals surface area contributed by atoms with Crippen LogP contribution in [0.4, 0.5) is 15.8 Å². The first-order valence-corrected chi connectivity index (χ1v) is 6.46. The number of hydrogen-bond acceptors (Lipinski definition) is 4. The maximum absolute atomic E-state index is 13.6. The van der Waals surface area contributed by atoms with Gasteiger partial charge < -0.3 is 5.73 Å². The predicted octanol–water partition coefficient (Wildman–Crippen LogP) is 1.24. The summed E-state index contributed by atoms with van der Waals surface area (Å²) >= 11 is 0. The molecule has 0 saturated heterocycles. The molecule has 1 aromatic carbocycles. The Bertz CT molecular complexity index is 667. The summed E-state index contributed by atoms with van der Waals surface area (Å²) in [4.78, 5) is -0.0799. The van der Waals surface area contributed by atoms with Gasteiger partial charge in [-0.3, -0.25) is 9.82 Å². The lowest BCUT2D eigenvalue weighted by atomic mass is 10.1. The molecule has 1 heterocycles. The van der Waals surface area contributed by atoms with Crippen LogP contribution in [0.15, 0.2) is 29.4 Å². The number of hydrogen-bond donors (Lipinski definition) is 3. The van der Waals surface area contributed by atoms with Crippen LogP contribution >= 0.6 is 0 Å². The maximum Gasteiger partial charge on any atom is 0.265 e. The van der Waals surface area contributed by atoms with Crippen molar-refractivity contribution in [3.63, 3.8) is 0 Å². The minimum absolute atomic E-state index is 0.0799. The summed E-state index contributed by atoms with van der Waals surface area (Å²) in [6, 6.07) is 2.48. The molecule has 6 nitrogen and oxygen atoms in total. The number of rotatable bonds is 3. The van der Waals surface area contributed by atoms with E-state index >= 15 is 0 Å². The molecular formula is C10H11FN4O2S. The molecule has 0 unspecified atom stereocenters. The third-order valence-electron chi connectivity index (χ3n) is 2.48. The number of H-pyrrole nitrogens is 1. The molecule has 0 fully saturated rings. The largest absolute Gasteiger partial charge is 0.398 e. The van der Waals surface area contributed by atoms with Crippen LogP contribution in [0, 0.1) is 12.7 Å². The second kappa shape index (κ2) is 4.30. The van der Waals surface area contributed by atoms with Crippen molar-refractivity contribution in [3.05, 3.63) is 35.9 Å². The van der Waals surface area contributed by atoms with Crippen LogP contribution in [0.2, 0.25) is 0 Å². The summed E-state index contributed by atoms with van der Waals surface area (Å²) in [5.74, 6) is -0.686. The first kappa shape index (κ1) is 12.4. The molecule has 4 N–H and O–H groups in total. The number of aromatic amines is 1. The minimum Gasteiger partial charge on any atom is -0.398 e. The number of halogens is 1. The Hall–Kier alpha value is -2.09. The van der Waals surface area contributed by atoms with E-state index in [9.17, 15) is 12.8 Å². The van der Waals surface area contributed by atoms with Gasteiger partial charge in [-0.15, -0.1) is 0 Å². The van der Waals surface area contributed by atoms with Crippen LogP contribution < -0.4 is 10.5 Å². The summed E-state index contributed by atoms with van der Waals surface area (Å²) in [5, 5.41) is 5.90. The van der Waals surface area contributed by atoms with E-state index in [0.29, 0.717) is 11.3 Å². The third kappa shape index (κ3) is 2.14. The van der Waals surface area contributed by atoms with Gasteiger partial charge in [0.15, 0.2) is 0 Å². The van der Waals surface area contributed by atoms with Crippen molar-refractivity contribution in [3.8, 4) is 0 Å². The van der Waals surface area contributed by atoms with Gasteiger partial charge in [-0.25, -0.2) is 12.8 Å². The molecule has 0 atom stereocenters. The highest BCUT2D eigenvalue weighted by Gasteiger charge is 2.19. The topological polar surface area (TPSA) is 101 Å². The Morgan fingerprint density at radius 3 is 2.78 bits per heavy atom. The Labute approximate surface area is 103 Å². The lowest BCUT2D eigenvalue weighted by Crippen LogP contribution is -2.15. The summed E-state index contributed by atoms with van der Waals surface area (Å²) in [7, 11) is -3.87. The molecule has 8 heteroatoms. The van der Waals surface area contributed by atoms with Crippen LogP contribution in [-0.4, -0.2) is 18.6 Å². The molecule has 2 aromatic rings. The fourth-order valence-corrected chi connectivity index (χ4v) is 2.44. The standard InChI is InChI=1S/C10H11FN4O2S/c1-6-9(12)3-2-8(11)10(6)15-18(16,17)7-4-13-14-5-7/h2-5,15H,12H2,1H3,(H,13,14). The normalized spacial score (nSPS) is 11.4. The molecule has 0 aliphatic heterocycles. The first-order valence-electron chi connectivity index (χ1n) is 4.98. The lowest BCUT2D eigenvalue weighted by molar-refractivity contribution is 0.598. The van der Waals surface area contributed by atoms with Gasteiger partial charge >= 0.3 is 0 Å². The highest BCUT2D eigenvalue weighted by molar-refractivity contribution is 7.92. The molecule has 2 rings (SSSR count). The Balaban J connectivity index is 2.45. The number of benzene rings is 1. The quantitative estimate of drug-likeness (QED) is 0.730. The van der Waals surface area contributed by atoms with Crippen LogP contribution in [0.3, 0.4) is 0 Å². The summed E-state index contributed by atoms with van der Waals surface area (Å²) in [5.41, 5.74) is 6.09. The fraction of sp³-hybridized carbons (Fsp3) is 0.100. The highest BCUT2D eigenvalue weighted by Crippen LogP contribution is 2.26. The van der Waals surface area contributed by atoms with E-state index in [-0.39, 0.29) is 10.6 Å². The van der Waals surface area contributed by atoms with E-state index in [1.54, 1.807) is 0 Å². The zero-order chi connectivity index (χ0) is 13.3. The fourth-order valence-electron chi connectivity index (χ4n) is 1.40. The lowest BCUT2D eigenvalue weighted by Gasteiger charge is -2.11. The maximum atomic E-state index is 13.6. The van der Waals surface area contributed by atoms with Crippen molar-refractivity contribution in [1.29, 1.82) is 0 Å². The van der Waals surface area contributed by atoms with Gasteiger partial charge in [-0.1, -0.05) is 0 Å². The zero-order valence-corrected chi connectivity index (χ0v) is 10.3. The van der Waals surface area contributed by atoms with E-state index in [4.69, 9.17) is 5.73 Å². The van der Waals surface area contributed by atoms with Gasteiger partial charge in [0.25, 0.3) is 10.0 Å². The average molecular weight is 270 g/mol. The molecule has 0 saturated carbocycles. The molecular weight excluding hydrogens is 259 g/mol. The van der Waals surface area contributed by atoms with Crippen LogP contribution in [0.25, 0.3) is 0 Å². The van der Waals surface area contributed by atoms with E-state index in [2.05, 4.69) is 14.9 Å². The van der Waals surface area contributed by atoms with Crippen molar-refractivity contribution in [1.82, 2.24) is 10.2 Å². The number of sulfonamides is 1. The van der Waals surface area contributed by atoms with Crippen LogP contribution in [-0.2, 0) is 10.0 Å². The van der Waals surface area contributed by atoms with E-state index in [1.165, 1.54) is 19.2 Å². The van der Waals surface area contributed by atoms with Crippen molar-refractivity contribution in [2.24, 2.45) is 0 Å². The van der Waals surface area contributed by atoms with E-state index in [1.807, 2.05) is 0 Å². The van der Waals surface area contributed by atoms with Crippen molar-refractivity contribution >= 4 is 21.4 Å². The summed E-state index contributed by atoms with van der Waals surface area (Å²) < 4.78 is 39.6. The molecule has 0 spiro atoms. The van der Waals surface area contributed by atoms with E-state index in [0.717, 1.165) is 12.3 Å². The number of nitrogens with one attached hydrogen (secondary N) is 2. The number of nitrogens with zero attached hydrogens (tertiary/aromatic N) is 1. The average Bonchev–Trinajstić information content (AvgIpc) is 2.84. The molecule has 1 aromatic heterocycles. The van der Waals surface area contributed by atoms with Gasteiger partial charge in [0.2, 0.25) is 0 Å². The van der Waals surface area contributed by atoms with Gasteiger partial charge in [0, 0.05) is 11.9 Å². The molecule has 96 valence electrons. The molecule has 0 aliphatic rings. The molecule has 0 aliphatic carbocycles. The van der Waals surface area contributed by atoms with E-state index < -0.39 is 15.8 Å². The Kier molecular flexibility index (Phi) is 2.95. The molecule has 18 heavy (non-hydrogen) atoms. The second-order valence-corrected chi connectivity index (χ2v) is 5.36. The highest BCUT2D eigenvalue weighted by atomic mass is 32.2. The zero-order valence-electron chi connectivity index (χ0n) is 9.44. The summed E-state index contributed by atoms with van der Waals surface area (Å²) in [6.07, 6.45) is 2.32.